The number of thiophene rings is 1. The van der Waals surface area contributed by atoms with Crippen LogP contribution < -0.4 is 0 Å². The highest BCUT2D eigenvalue weighted by Crippen LogP contribution is 2.31. The van der Waals surface area contributed by atoms with Crippen LogP contribution in [0.3, 0.4) is 0 Å². The van der Waals surface area contributed by atoms with Crippen LogP contribution in [0.4, 0.5) is 8.78 Å². The summed E-state index contributed by atoms with van der Waals surface area (Å²) in [6.07, 6.45) is 0.513. The number of hydrogen-bond donors (Lipinski definition) is 0. The summed E-state index contributed by atoms with van der Waals surface area (Å²) in [5, 5.41) is 2.04. The predicted molar refractivity (Wildman–Crippen MR) is 78.8 cm³/mol. The second kappa shape index (κ2) is 5.75. The van der Waals surface area contributed by atoms with Gasteiger partial charge in [0.1, 0.15) is 11.6 Å². The summed E-state index contributed by atoms with van der Waals surface area (Å²) in [6, 6.07) is 5.77. The zero-order valence-corrected chi connectivity index (χ0v) is 13.2. The summed E-state index contributed by atoms with van der Waals surface area (Å²) < 4.78 is 27.4. The van der Waals surface area contributed by atoms with Crippen molar-refractivity contribution in [2.75, 3.05) is 0 Å². The number of alkyl halides is 1. The van der Waals surface area contributed by atoms with Crippen molar-refractivity contribution in [3.05, 3.63) is 55.3 Å². The van der Waals surface area contributed by atoms with Gasteiger partial charge in [-0.05, 0) is 57.7 Å². The Hall–Kier alpha value is -0.0100. The van der Waals surface area contributed by atoms with Crippen molar-refractivity contribution in [1.29, 1.82) is 0 Å². The lowest BCUT2D eigenvalue weighted by Gasteiger charge is -2.08. The molecule has 0 nitrogen and oxygen atoms in total. The highest BCUT2D eigenvalue weighted by molar-refractivity contribution is 14.1. The molecular weight excluding hydrogens is 421 g/mol. The van der Waals surface area contributed by atoms with E-state index in [2.05, 4.69) is 44.6 Å². The van der Waals surface area contributed by atoms with E-state index in [1.807, 2.05) is 5.38 Å². The molecule has 1 atom stereocenters. The highest BCUT2D eigenvalue weighted by Gasteiger charge is 2.13. The number of halogens is 4. The van der Waals surface area contributed by atoms with Crippen LogP contribution in [-0.2, 0) is 6.42 Å². The molecule has 90 valence electrons. The molecule has 0 amide bonds. The van der Waals surface area contributed by atoms with E-state index in [0.717, 1.165) is 11.6 Å². The minimum atomic E-state index is -0.539. The average Bonchev–Trinajstić information content (AvgIpc) is 2.69. The first-order valence-corrected chi connectivity index (χ1v) is 7.75. The van der Waals surface area contributed by atoms with Crippen LogP contribution in [0.25, 0.3) is 0 Å². The Morgan fingerprint density at radius 3 is 2.65 bits per heavy atom. The lowest BCUT2D eigenvalue weighted by molar-refractivity contribution is 0.571. The molecule has 0 fully saturated rings. The molecule has 17 heavy (non-hydrogen) atoms. The summed E-state index contributed by atoms with van der Waals surface area (Å²) in [6.45, 7) is 0. The standard InChI is InChI=1S/C12H8BrF2IS/c13-10(8-4-12(16)17-6-8)3-7-1-2-9(14)5-11(7)15/h1-2,4-6,10H,3H2. The first-order valence-electron chi connectivity index (χ1n) is 4.88. The molecule has 0 N–H and O–H groups in total. The van der Waals surface area contributed by atoms with Crippen molar-refractivity contribution in [3.8, 4) is 0 Å². The summed E-state index contributed by atoms with van der Waals surface area (Å²) in [7, 11) is 0. The lowest BCUT2D eigenvalue weighted by atomic mass is 10.1. The van der Waals surface area contributed by atoms with Crippen LogP contribution in [0, 0.1) is 14.5 Å². The molecule has 2 rings (SSSR count). The van der Waals surface area contributed by atoms with E-state index in [1.54, 1.807) is 11.3 Å². The molecule has 0 aliphatic heterocycles. The maximum atomic E-state index is 13.5. The van der Waals surface area contributed by atoms with Gasteiger partial charge in [0.15, 0.2) is 0 Å². The second-order valence-electron chi connectivity index (χ2n) is 3.59. The lowest BCUT2D eigenvalue weighted by Crippen LogP contribution is -1.97. The minimum Gasteiger partial charge on any atom is -0.207 e. The van der Waals surface area contributed by atoms with Gasteiger partial charge in [0.05, 0.1) is 2.88 Å². The minimum absolute atomic E-state index is 0.0576. The van der Waals surface area contributed by atoms with Gasteiger partial charge < -0.3 is 0 Å². The largest absolute Gasteiger partial charge is 0.207 e. The van der Waals surface area contributed by atoms with Crippen molar-refractivity contribution in [2.24, 2.45) is 0 Å². The fraction of sp³-hybridized carbons (Fsp3) is 0.167. The van der Waals surface area contributed by atoms with Crippen molar-refractivity contribution in [3.63, 3.8) is 0 Å². The SMILES string of the molecule is Fc1ccc(CC(Br)c2csc(I)c2)c(F)c1. The highest BCUT2D eigenvalue weighted by atomic mass is 127. The van der Waals surface area contributed by atoms with Gasteiger partial charge in [-0.25, -0.2) is 8.78 Å². The number of hydrogen-bond acceptors (Lipinski definition) is 1. The van der Waals surface area contributed by atoms with Gasteiger partial charge in [-0.15, -0.1) is 11.3 Å². The van der Waals surface area contributed by atoms with Gasteiger partial charge in [0.2, 0.25) is 0 Å². The van der Waals surface area contributed by atoms with Gasteiger partial charge in [-0.3, -0.25) is 0 Å². The fourth-order valence-electron chi connectivity index (χ4n) is 1.49. The molecule has 1 aromatic carbocycles. The molecule has 1 heterocycles. The Kier molecular flexibility index (Phi) is 4.54. The van der Waals surface area contributed by atoms with E-state index in [4.69, 9.17) is 0 Å². The molecule has 0 spiro atoms. The van der Waals surface area contributed by atoms with Crippen molar-refractivity contribution >= 4 is 49.9 Å². The molecule has 1 unspecified atom stereocenters. The smallest absolute Gasteiger partial charge is 0.129 e. The summed E-state index contributed by atoms with van der Waals surface area (Å²) >= 11 is 7.43. The molecule has 1 aromatic heterocycles. The summed E-state index contributed by atoms with van der Waals surface area (Å²) in [4.78, 5) is 0.0576. The van der Waals surface area contributed by atoms with Gasteiger partial charge >= 0.3 is 0 Å². The Morgan fingerprint density at radius 2 is 2.06 bits per heavy atom. The molecule has 5 heteroatoms. The van der Waals surface area contributed by atoms with Gasteiger partial charge in [-0.2, -0.15) is 0 Å². The molecule has 0 aliphatic rings. The molecule has 2 aromatic rings. The zero-order valence-electron chi connectivity index (χ0n) is 8.59. The maximum absolute atomic E-state index is 13.5. The Bertz CT molecular complexity index is 527. The third kappa shape index (κ3) is 3.48. The van der Waals surface area contributed by atoms with E-state index in [1.165, 1.54) is 15.0 Å². The molecular formula is C12H8BrF2IS. The van der Waals surface area contributed by atoms with Crippen molar-refractivity contribution in [1.82, 2.24) is 0 Å². The number of benzene rings is 1. The van der Waals surface area contributed by atoms with Gasteiger partial charge in [-0.1, -0.05) is 22.0 Å². The van der Waals surface area contributed by atoms with Crippen LogP contribution in [0.1, 0.15) is 16.0 Å². The first-order chi connectivity index (χ1) is 8.06. The van der Waals surface area contributed by atoms with Crippen molar-refractivity contribution in [2.45, 2.75) is 11.2 Å². The van der Waals surface area contributed by atoms with Crippen LogP contribution in [0.2, 0.25) is 0 Å². The van der Waals surface area contributed by atoms with Crippen LogP contribution in [0.15, 0.2) is 29.6 Å². The topological polar surface area (TPSA) is 0 Å². The van der Waals surface area contributed by atoms with E-state index < -0.39 is 11.6 Å². The molecule has 0 saturated carbocycles. The van der Waals surface area contributed by atoms with Crippen LogP contribution in [0.5, 0.6) is 0 Å². The normalized spacial score (nSPS) is 12.7. The quantitative estimate of drug-likeness (QED) is 0.459. The summed E-state index contributed by atoms with van der Waals surface area (Å²) in [5.41, 5.74) is 1.65. The van der Waals surface area contributed by atoms with Crippen LogP contribution >= 0.6 is 49.9 Å². The van der Waals surface area contributed by atoms with Crippen LogP contribution in [-0.4, -0.2) is 0 Å². The Morgan fingerprint density at radius 1 is 1.29 bits per heavy atom. The molecule has 0 radical (unpaired) electrons. The monoisotopic (exact) mass is 428 g/mol. The maximum Gasteiger partial charge on any atom is 0.129 e. The Balaban J connectivity index is 2.15. The Labute approximate surface area is 124 Å². The third-order valence-corrected chi connectivity index (χ3v) is 5.02. The third-order valence-electron chi connectivity index (χ3n) is 2.36. The predicted octanol–water partition coefficient (Wildman–Crippen LogP) is 5.31. The van der Waals surface area contributed by atoms with E-state index in [0.29, 0.717) is 12.0 Å². The second-order valence-corrected chi connectivity index (χ2v) is 7.50. The zero-order chi connectivity index (χ0) is 12.4. The van der Waals surface area contributed by atoms with Gasteiger partial charge in [0.25, 0.3) is 0 Å². The number of rotatable bonds is 3. The van der Waals surface area contributed by atoms with Crippen molar-refractivity contribution < 1.29 is 8.78 Å². The summed E-state index contributed by atoms with van der Waals surface area (Å²) in [5.74, 6) is -1.03. The molecule has 0 bridgehead atoms. The average molecular weight is 429 g/mol. The van der Waals surface area contributed by atoms with E-state index >= 15 is 0 Å². The van der Waals surface area contributed by atoms with Gasteiger partial charge in [0, 0.05) is 10.9 Å². The van der Waals surface area contributed by atoms with E-state index in [9.17, 15) is 8.78 Å². The molecule has 0 aliphatic carbocycles. The first kappa shape index (κ1) is 13.4. The molecule has 0 saturated heterocycles. The fourth-order valence-corrected chi connectivity index (χ4v) is 3.70. The van der Waals surface area contributed by atoms with E-state index in [-0.39, 0.29) is 4.83 Å².